The van der Waals surface area contributed by atoms with E-state index >= 15 is 0 Å². The summed E-state index contributed by atoms with van der Waals surface area (Å²) in [5.41, 5.74) is 2.83. The van der Waals surface area contributed by atoms with Crippen LogP contribution < -0.4 is 10.7 Å². The number of amides is 1. The molecule has 2 aliphatic rings. The number of hydrogen-bond acceptors (Lipinski definition) is 5. The third-order valence-electron chi connectivity index (χ3n) is 6.17. The Morgan fingerprint density at radius 3 is 2.65 bits per heavy atom. The zero-order valence-corrected chi connectivity index (χ0v) is 17.7. The van der Waals surface area contributed by atoms with E-state index < -0.39 is 0 Å². The first-order valence-corrected chi connectivity index (χ1v) is 10.9. The quantitative estimate of drug-likeness (QED) is 0.667. The van der Waals surface area contributed by atoms with E-state index in [4.69, 9.17) is 0 Å². The summed E-state index contributed by atoms with van der Waals surface area (Å²) < 4.78 is 0. The molecule has 2 fully saturated rings. The predicted molar refractivity (Wildman–Crippen MR) is 121 cm³/mol. The highest BCUT2D eigenvalue weighted by atomic mass is 16.2. The third-order valence-corrected chi connectivity index (χ3v) is 6.17. The Bertz CT molecular complexity index is 1160. The molecule has 7 heteroatoms. The maximum atomic E-state index is 12.6. The number of carbonyl (C=O) groups is 1. The van der Waals surface area contributed by atoms with E-state index in [1.165, 1.54) is 18.9 Å². The monoisotopic (exact) mass is 417 g/mol. The molecule has 1 saturated heterocycles. The van der Waals surface area contributed by atoms with E-state index in [0.29, 0.717) is 16.7 Å². The summed E-state index contributed by atoms with van der Waals surface area (Å²) in [4.78, 5) is 37.5. The maximum absolute atomic E-state index is 12.6. The largest absolute Gasteiger partial charge is 0.350 e. The molecule has 1 aromatic carbocycles. The molecule has 1 aliphatic carbocycles. The second kappa shape index (κ2) is 8.24. The van der Waals surface area contributed by atoms with E-state index in [0.717, 1.165) is 49.9 Å². The van der Waals surface area contributed by atoms with Crippen molar-refractivity contribution in [2.75, 3.05) is 31.5 Å². The fraction of sp³-hybridized carbons (Fsp3) is 0.375. The number of carbonyl (C=O) groups excluding carboxylic acids is 1. The maximum Gasteiger partial charge on any atom is 0.273 e. The number of benzene rings is 1. The van der Waals surface area contributed by atoms with Gasteiger partial charge in [-0.15, -0.1) is 0 Å². The summed E-state index contributed by atoms with van der Waals surface area (Å²) in [6, 6.07) is 11.5. The molecule has 7 nitrogen and oxygen atoms in total. The molecule has 0 radical (unpaired) electrons. The van der Waals surface area contributed by atoms with Gasteiger partial charge in [0.05, 0.1) is 0 Å². The van der Waals surface area contributed by atoms with Crippen molar-refractivity contribution in [3.8, 4) is 0 Å². The molecule has 2 N–H and O–H groups in total. The molecule has 0 bridgehead atoms. The first-order chi connectivity index (χ1) is 15.0. The van der Waals surface area contributed by atoms with Crippen molar-refractivity contribution in [3.63, 3.8) is 0 Å². The van der Waals surface area contributed by atoms with Crippen molar-refractivity contribution in [1.29, 1.82) is 0 Å². The highest BCUT2D eigenvalue weighted by Crippen LogP contribution is 2.27. The minimum atomic E-state index is -0.379. The Morgan fingerprint density at radius 2 is 1.94 bits per heavy atom. The van der Waals surface area contributed by atoms with Gasteiger partial charge in [-0.25, -0.2) is 4.98 Å². The molecule has 160 valence electrons. The first-order valence-electron chi connectivity index (χ1n) is 10.9. The summed E-state index contributed by atoms with van der Waals surface area (Å²) in [5.74, 6) is 0.0909. The number of anilines is 1. The molecule has 5 rings (SSSR count). The molecule has 2 aromatic heterocycles. The molecule has 0 spiro atoms. The van der Waals surface area contributed by atoms with Gasteiger partial charge in [0, 0.05) is 61.9 Å². The molecule has 3 aromatic rings. The number of nitrogens with zero attached hydrogens (tertiary/aromatic N) is 3. The van der Waals surface area contributed by atoms with Crippen LogP contribution >= 0.6 is 0 Å². The number of aromatic nitrogens is 2. The van der Waals surface area contributed by atoms with Gasteiger partial charge in [0.15, 0.2) is 5.43 Å². The van der Waals surface area contributed by atoms with Crippen LogP contribution in [-0.2, 0) is 6.54 Å². The molecule has 0 unspecified atom stereocenters. The van der Waals surface area contributed by atoms with E-state index in [2.05, 4.69) is 25.1 Å². The lowest BCUT2D eigenvalue weighted by atomic mass is 10.1. The predicted octanol–water partition coefficient (Wildman–Crippen LogP) is 2.76. The number of hydrogen-bond donors (Lipinski definition) is 2. The lowest BCUT2D eigenvalue weighted by Crippen LogP contribution is -2.46. The molecule has 1 saturated carbocycles. The number of H-pyrrole nitrogens is 1. The number of nitrogens with one attached hydrogen (secondary N) is 2. The average molecular weight is 418 g/mol. The highest BCUT2D eigenvalue weighted by molar-refractivity contribution is 6.03. The smallest absolute Gasteiger partial charge is 0.273 e. The van der Waals surface area contributed by atoms with Gasteiger partial charge < -0.3 is 10.3 Å². The van der Waals surface area contributed by atoms with Gasteiger partial charge >= 0.3 is 0 Å². The molecule has 1 aliphatic heterocycles. The van der Waals surface area contributed by atoms with Crippen molar-refractivity contribution < 1.29 is 4.79 Å². The summed E-state index contributed by atoms with van der Waals surface area (Å²) in [6.07, 6.45) is 4.54. The van der Waals surface area contributed by atoms with Crippen molar-refractivity contribution in [3.05, 3.63) is 69.6 Å². The van der Waals surface area contributed by atoms with Crippen molar-refractivity contribution in [1.82, 2.24) is 19.8 Å². The Balaban J connectivity index is 1.21. The Hall–Kier alpha value is -3.03. The Labute approximate surface area is 181 Å². The van der Waals surface area contributed by atoms with E-state index in [-0.39, 0.29) is 17.0 Å². The van der Waals surface area contributed by atoms with Crippen LogP contribution in [0.3, 0.4) is 0 Å². The van der Waals surface area contributed by atoms with Crippen molar-refractivity contribution in [2.45, 2.75) is 32.4 Å². The first kappa shape index (κ1) is 19.9. The van der Waals surface area contributed by atoms with Crippen LogP contribution in [0.1, 0.15) is 34.5 Å². The van der Waals surface area contributed by atoms with Crippen molar-refractivity contribution in [2.24, 2.45) is 0 Å². The van der Waals surface area contributed by atoms with Crippen LogP contribution in [0.5, 0.6) is 0 Å². The molecular weight excluding hydrogens is 390 g/mol. The number of fused-ring (bicyclic) bond motifs is 1. The standard InChI is InChI=1S/C24H27N5O2/c1-16-2-6-20-19(12-16)22(30)13-21(26-20)24(31)27-23-7-3-17(14-25-23)15-28-8-10-29(11-9-28)18-4-5-18/h2-3,6-7,12-14,18H,4-5,8-11,15H2,1H3,(H,26,30)(H,25,27,31). The number of rotatable bonds is 5. The summed E-state index contributed by atoms with van der Waals surface area (Å²) >= 11 is 0. The normalized spacial score (nSPS) is 17.7. The topological polar surface area (TPSA) is 81.3 Å². The van der Waals surface area contributed by atoms with Crippen LogP contribution in [0.2, 0.25) is 0 Å². The Kier molecular flexibility index (Phi) is 5.29. The number of aromatic amines is 1. The average Bonchev–Trinajstić information content (AvgIpc) is 3.61. The van der Waals surface area contributed by atoms with Gasteiger partial charge in [0.2, 0.25) is 0 Å². The fourth-order valence-electron chi connectivity index (χ4n) is 4.24. The van der Waals surface area contributed by atoms with Crippen LogP contribution in [0.25, 0.3) is 10.9 Å². The van der Waals surface area contributed by atoms with Crippen LogP contribution in [0.4, 0.5) is 5.82 Å². The Morgan fingerprint density at radius 1 is 1.13 bits per heavy atom. The molecule has 1 amide bonds. The molecule has 3 heterocycles. The van der Waals surface area contributed by atoms with Gasteiger partial charge in [0.25, 0.3) is 5.91 Å². The molecular formula is C24H27N5O2. The zero-order chi connectivity index (χ0) is 21.4. The van der Waals surface area contributed by atoms with Crippen LogP contribution in [0.15, 0.2) is 47.4 Å². The minimum Gasteiger partial charge on any atom is -0.350 e. The minimum absolute atomic E-state index is 0.173. The van der Waals surface area contributed by atoms with E-state index in [1.807, 2.05) is 43.5 Å². The second-order valence-corrected chi connectivity index (χ2v) is 8.65. The van der Waals surface area contributed by atoms with Gasteiger partial charge in [-0.3, -0.25) is 19.4 Å². The number of pyridine rings is 2. The number of aryl methyl sites for hydroxylation is 1. The fourth-order valence-corrected chi connectivity index (χ4v) is 4.24. The number of piperazine rings is 1. The summed E-state index contributed by atoms with van der Waals surface area (Å²) in [7, 11) is 0. The zero-order valence-electron chi connectivity index (χ0n) is 17.7. The van der Waals surface area contributed by atoms with Crippen LogP contribution in [0, 0.1) is 6.92 Å². The molecule has 31 heavy (non-hydrogen) atoms. The third kappa shape index (κ3) is 4.52. The van der Waals surface area contributed by atoms with E-state index in [1.54, 1.807) is 0 Å². The second-order valence-electron chi connectivity index (χ2n) is 8.65. The van der Waals surface area contributed by atoms with Gasteiger partial charge in [-0.2, -0.15) is 0 Å². The van der Waals surface area contributed by atoms with Crippen LogP contribution in [-0.4, -0.2) is 57.9 Å². The van der Waals surface area contributed by atoms with Gasteiger partial charge in [-0.1, -0.05) is 17.7 Å². The lowest BCUT2D eigenvalue weighted by molar-refractivity contribution is 0.102. The SMILES string of the molecule is Cc1ccc2[nH]c(C(=O)Nc3ccc(CN4CCN(C5CC5)CC4)cn3)cc(=O)c2c1. The van der Waals surface area contributed by atoms with Gasteiger partial charge in [-0.05, 0) is 43.5 Å². The lowest BCUT2D eigenvalue weighted by Gasteiger charge is -2.34. The van der Waals surface area contributed by atoms with Crippen molar-refractivity contribution >= 4 is 22.6 Å². The summed E-state index contributed by atoms with van der Waals surface area (Å²) in [5, 5.41) is 3.36. The van der Waals surface area contributed by atoms with Gasteiger partial charge in [0.1, 0.15) is 11.5 Å². The van der Waals surface area contributed by atoms with E-state index in [9.17, 15) is 9.59 Å². The summed E-state index contributed by atoms with van der Waals surface area (Å²) in [6.45, 7) is 7.28. The highest BCUT2D eigenvalue weighted by Gasteiger charge is 2.31. The molecule has 0 atom stereocenters.